The highest BCUT2D eigenvalue weighted by Crippen LogP contribution is 2.38. The summed E-state index contributed by atoms with van der Waals surface area (Å²) in [6.45, 7) is 4.80. The molecule has 5 fully saturated rings. The Kier molecular flexibility index (Phi) is 6.07. The molecule has 6 aliphatic heterocycles. The topological polar surface area (TPSA) is 127 Å². The normalized spacial score (nSPS) is 23.8. The molecule has 13 heteroatoms. The number of imide groups is 2. The number of nitrogens with one attached hydrogen (secondary N) is 1. The molecule has 234 valence electrons. The van der Waals surface area contributed by atoms with E-state index in [-0.39, 0.29) is 18.5 Å². The fraction of sp³-hybridized carbons (Fsp3) is 0.394. The average Bonchev–Trinajstić information content (AvgIpc) is 3.57. The molecule has 13 nitrogen and oxygen atoms in total. The molecule has 0 radical (unpaired) electrons. The molecule has 46 heavy (non-hydrogen) atoms. The molecule has 5 amide bonds. The number of fused-ring (bicyclic) bond motifs is 6. The number of hydrogen-bond acceptors (Lipinski definition) is 9. The van der Waals surface area contributed by atoms with Crippen molar-refractivity contribution in [3.63, 3.8) is 0 Å². The lowest BCUT2D eigenvalue weighted by atomic mass is 9.84. The van der Waals surface area contributed by atoms with Crippen molar-refractivity contribution in [3.8, 4) is 0 Å². The fourth-order valence-corrected chi connectivity index (χ4v) is 7.93. The minimum absolute atomic E-state index is 0.0110. The van der Waals surface area contributed by atoms with Gasteiger partial charge in [0.05, 0.1) is 28.7 Å². The van der Waals surface area contributed by atoms with Crippen molar-refractivity contribution in [2.24, 2.45) is 5.92 Å². The van der Waals surface area contributed by atoms with Crippen molar-refractivity contribution < 1.29 is 19.2 Å². The predicted octanol–water partition coefficient (Wildman–Crippen LogP) is 2.51. The monoisotopic (exact) mass is 619 g/mol. The summed E-state index contributed by atoms with van der Waals surface area (Å²) in [6, 6.07) is 15.8. The molecule has 2 aromatic carbocycles. The molecule has 0 aliphatic carbocycles. The summed E-state index contributed by atoms with van der Waals surface area (Å²) >= 11 is 0. The summed E-state index contributed by atoms with van der Waals surface area (Å²) in [7, 11) is 0. The van der Waals surface area contributed by atoms with Gasteiger partial charge in [-0.3, -0.25) is 29.0 Å². The van der Waals surface area contributed by atoms with Gasteiger partial charge in [0.1, 0.15) is 5.82 Å². The van der Waals surface area contributed by atoms with Gasteiger partial charge in [-0.05, 0) is 61.6 Å². The van der Waals surface area contributed by atoms with Crippen molar-refractivity contribution in [2.75, 3.05) is 49.1 Å². The first kappa shape index (κ1) is 27.3. The van der Waals surface area contributed by atoms with Gasteiger partial charge in [-0.25, -0.2) is 14.8 Å². The lowest BCUT2D eigenvalue weighted by molar-refractivity contribution is -0.122. The van der Waals surface area contributed by atoms with E-state index in [0.29, 0.717) is 23.6 Å². The molecule has 4 aromatic rings. The highest BCUT2D eigenvalue weighted by Gasteiger charge is 2.47. The fourth-order valence-electron chi connectivity index (χ4n) is 7.93. The zero-order valence-electron chi connectivity index (χ0n) is 25.2. The van der Waals surface area contributed by atoms with Crippen LogP contribution < -0.4 is 15.1 Å². The van der Waals surface area contributed by atoms with E-state index in [1.807, 2.05) is 28.7 Å². The van der Waals surface area contributed by atoms with E-state index in [0.717, 1.165) is 83.9 Å². The molecule has 2 atom stereocenters. The lowest BCUT2D eigenvalue weighted by Crippen LogP contribution is -2.69. The van der Waals surface area contributed by atoms with Crippen LogP contribution in [0.2, 0.25) is 0 Å². The van der Waals surface area contributed by atoms with Gasteiger partial charge in [-0.2, -0.15) is 9.99 Å². The van der Waals surface area contributed by atoms with Crippen molar-refractivity contribution >= 4 is 52.1 Å². The van der Waals surface area contributed by atoms with Gasteiger partial charge in [-0.1, -0.05) is 12.1 Å². The highest BCUT2D eigenvalue weighted by molar-refractivity contribution is 6.22. The number of carbonyl (C=O) groups excluding carboxylic acids is 4. The third kappa shape index (κ3) is 4.25. The number of amides is 5. The highest BCUT2D eigenvalue weighted by atomic mass is 16.2. The Morgan fingerprint density at radius 2 is 1.61 bits per heavy atom. The number of hydrogen-bond donors (Lipinski definition) is 1. The summed E-state index contributed by atoms with van der Waals surface area (Å²) in [5.41, 5.74) is 3.52. The Labute approximate surface area is 264 Å². The van der Waals surface area contributed by atoms with Crippen molar-refractivity contribution in [1.82, 2.24) is 34.6 Å². The zero-order chi connectivity index (χ0) is 31.1. The molecule has 0 spiro atoms. The molecule has 2 bridgehead atoms. The van der Waals surface area contributed by atoms with Gasteiger partial charge >= 0.3 is 6.03 Å². The molecular formula is C33H33N9O4. The number of benzene rings is 2. The van der Waals surface area contributed by atoms with Crippen LogP contribution in [0.1, 0.15) is 46.4 Å². The first-order valence-corrected chi connectivity index (χ1v) is 16.0. The molecule has 10 rings (SSSR count). The average molecular weight is 620 g/mol. The van der Waals surface area contributed by atoms with E-state index >= 15 is 0 Å². The molecular weight excluding hydrogens is 586 g/mol. The minimum atomic E-state index is -0.755. The van der Waals surface area contributed by atoms with Crippen molar-refractivity contribution in [1.29, 1.82) is 0 Å². The van der Waals surface area contributed by atoms with Crippen molar-refractivity contribution in [2.45, 2.75) is 37.8 Å². The Hall–Kier alpha value is -5.04. The van der Waals surface area contributed by atoms with E-state index in [9.17, 15) is 19.2 Å². The molecule has 2 unspecified atom stereocenters. The van der Waals surface area contributed by atoms with E-state index < -0.39 is 23.8 Å². The van der Waals surface area contributed by atoms with Gasteiger partial charge in [0.25, 0.3) is 11.8 Å². The van der Waals surface area contributed by atoms with Crippen LogP contribution in [0.3, 0.4) is 0 Å². The smallest absolute Gasteiger partial charge is 0.343 e. The third-order valence-electron chi connectivity index (χ3n) is 10.4. The van der Waals surface area contributed by atoms with Crippen LogP contribution in [0.5, 0.6) is 0 Å². The number of piperidine rings is 2. The number of hydrazine groups is 1. The van der Waals surface area contributed by atoms with Crippen LogP contribution in [0.4, 0.5) is 16.3 Å². The number of para-hydroxylation sites is 2. The second-order valence-corrected chi connectivity index (χ2v) is 13.0. The Bertz CT molecular complexity index is 1940. The maximum atomic E-state index is 13.3. The summed E-state index contributed by atoms with van der Waals surface area (Å²) in [5.74, 6) is 0.879. The number of carbonyl (C=O) groups is 4. The largest absolute Gasteiger partial charge is 0.368 e. The number of aromatic nitrogens is 3. The molecule has 5 saturated heterocycles. The van der Waals surface area contributed by atoms with Gasteiger partial charge in [0.15, 0.2) is 0 Å². The van der Waals surface area contributed by atoms with Crippen LogP contribution in [-0.2, 0) is 4.79 Å². The first-order chi connectivity index (χ1) is 22.4. The first-order valence-electron chi connectivity index (χ1n) is 16.0. The molecule has 8 heterocycles. The lowest BCUT2D eigenvalue weighted by Gasteiger charge is -2.58. The number of piperazine rings is 1. The number of nitrogens with zero attached hydrogens (tertiary/aromatic N) is 8. The molecule has 6 aliphatic rings. The third-order valence-corrected chi connectivity index (χ3v) is 10.4. The molecule has 2 aromatic heterocycles. The molecule has 1 N–H and O–H groups in total. The quantitative estimate of drug-likeness (QED) is 0.336. The summed E-state index contributed by atoms with van der Waals surface area (Å²) in [4.78, 5) is 67.2. The predicted molar refractivity (Wildman–Crippen MR) is 168 cm³/mol. The van der Waals surface area contributed by atoms with Gasteiger partial charge in [-0.15, -0.1) is 0 Å². The van der Waals surface area contributed by atoms with E-state index in [4.69, 9.17) is 9.97 Å². The second kappa shape index (κ2) is 10.2. The Morgan fingerprint density at radius 1 is 0.826 bits per heavy atom. The van der Waals surface area contributed by atoms with E-state index in [1.165, 1.54) is 6.42 Å². The Balaban J connectivity index is 0.819. The van der Waals surface area contributed by atoms with Crippen LogP contribution in [0.15, 0.2) is 54.7 Å². The molecule has 0 saturated carbocycles. The number of urea groups is 1. The second-order valence-electron chi connectivity index (χ2n) is 13.0. The minimum Gasteiger partial charge on any atom is -0.368 e. The van der Waals surface area contributed by atoms with Gasteiger partial charge < -0.3 is 9.80 Å². The van der Waals surface area contributed by atoms with Crippen LogP contribution in [0.25, 0.3) is 16.8 Å². The Morgan fingerprint density at radius 3 is 2.41 bits per heavy atom. The zero-order valence-corrected chi connectivity index (χ0v) is 25.2. The maximum Gasteiger partial charge on any atom is 0.343 e. The van der Waals surface area contributed by atoms with Crippen LogP contribution >= 0.6 is 0 Å². The number of imidazole rings is 1. The summed E-state index contributed by atoms with van der Waals surface area (Å²) in [5, 5.41) is 4.07. The number of rotatable bonds is 5. The van der Waals surface area contributed by atoms with E-state index in [2.05, 4.69) is 38.3 Å². The van der Waals surface area contributed by atoms with Gasteiger partial charge in [0, 0.05) is 63.1 Å². The standard InChI is InChI=1S/C33H33N9O4/c43-29-10-14-41(33(46)36-29)42-30(44)24-6-5-21(16-25(24)31(42)45)38-18-22-15-23(19-38)40(22)17-20-7-11-37(12-8-20)28-9-13-39-27-4-2-1-3-26(27)34-32(39)35-28/h1-6,9,13,16,20,22-23H,7-8,10-12,14-15,17-19H2,(H,36,43,46). The van der Waals surface area contributed by atoms with E-state index in [1.54, 1.807) is 12.1 Å². The van der Waals surface area contributed by atoms with Crippen LogP contribution in [-0.4, -0.2) is 104 Å². The van der Waals surface area contributed by atoms with Gasteiger partial charge in [0.2, 0.25) is 11.7 Å². The summed E-state index contributed by atoms with van der Waals surface area (Å²) in [6.07, 6.45) is 5.55. The maximum absolute atomic E-state index is 13.3. The SMILES string of the molecule is O=C1CCN(N2C(=O)c3ccc(N4CC5CC(C4)N5CC4CCN(c5ccn6c(n5)nc5ccccc56)CC4)cc3C2=O)C(=O)N1. The summed E-state index contributed by atoms with van der Waals surface area (Å²) < 4.78 is 2.05. The van der Waals surface area contributed by atoms with Crippen LogP contribution in [0, 0.1) is 5.92 Å². The van der Waals surface area contributed by atoms with Crippen molar-refractivity contribution in [3.05, 3.63) is 65.9 Å². The number of anilines is 2.